The van der Waals surface area contributed by atoms with Gasteiger partial charge in [-0.2, -0.15) is 0 Å². The average Bonchev–Trinajstić information content (AvgIpc) is 2.15. The number of hydrogen-bond donors (Lipinski definition) is 2. The smallest absolute Gasteiger partial charge is 0.125 e. The highest BCUT2D eigenvalue weighted by Crippen LogP contribution is 2.13. The minimum atomic E-state index is -0.312. The van der Waals surface area contributed by atoms with Crippen LogP contribution in [0.25, 0.3) is 0 Å². The molecule has 0 aromatic heterocycles. The summed E-state index contributed by atoms with van der Waals surface area (Å²) in [5.74, 6) is -0.312. The van der Waals surface area contributed by atoms with E-state index in [1.165, 1.54) is 12.1 Å². The molecule has 0 fully saturated rings. The summed E-state index contributed by atoms with van der Waals surface area (Å²) in [6, 6.07) is 4.50. The van der Waals surface area contributed by atoms with Crippen molar-refractivity contribution in [2.75, 3.05) is 6.54 Å². The van der Waals surface area contributed by atoms with E-state index in [0.29, 0.717) is 11.6 Å². The first-order valence-electron chi connectivity index (χ1n) is 5.41. The molecule has 1 atom stereocenters. The predicted octanol–water partition coefficient (Wildman–Crippen LogP) is 2.73. The molecule has 0 aliphatic carbocycles. The van der Waals surface area contributed by atoms with Crippen molar-refractivity contribution in [3.63, 3.8) is 0 Å². The lowest BCUT2D eigenvalue weighted by Crippen LogP contribution is -2.16. The first kappa shape index (κ1) is 13.4. The van der Waals surface area contributed by atoms with Gasteiger partial charge < -0.3 is 10.4 Å². The standard InChI is InChI=1S/C12H17ClFNO/c1-9(16)3-2-4-15-8-10-5-11(13)7-12(14)6-10/h5-7,9,15-16H,2-4,8H2,1H3. The zero-order chi connectivity index (χ0) is 12.0. The number of benzene rings is 1. The molecule has 1 aromatic rings. The third-order valence-electron chi connectivity index (χ3n) is 2.23. The first-order valence-corrected chi connectivity index (χ1v) is 5.79. The van der Waals surface area contributed by atoms with E-state index in [1.807, 2.05) is 0 Å². The van der Waals surface area contributed by atoms with Gasteiger partial charge in [0.15, 0.2) is 0 Å². The fraction of sp³-hybridized carbons (Fsp3) is 0.500. The average molecular weight is 246 g/mol. The molecule has 0 saturated heterocycles. The number of halogens is 2. The minimum Gasteiger partial charge on any atom is -0.393 e. The van der Waals surface area contributed by atoms with Crippen molar-refractivity contribution in [3.05, 3.63) is 34.6 Å². The van der Waals surface area contributed by atoms with E-state index in [-0.39, 0.29) is 11.9 Å². The van der Waals surface area contributed by atoms with E-state index in [4.69, 9.17) is 16.7 Å². The fourth-order valence-electron chi connectivity index (χ4n) is 1.47. The summed E-state index contributed by atoms with van der Waals surface area (Å²) >= 11 is 5.73. The second-order valence-electron chi connectivity index (χ2n) is 3.95. The Bertz CT molecular complexity index is 311. The van der Waals surface area contributed by atoms with Gasteiger partial charge in [0.2, 0.25) is 0 Å². The van der Waals surface area contributed by atoms with Crippen LogP contribution in [0.1, 0.15) is 25.3 Å². The summed E-state index contributed by atoms with van der Waals surface area (Å²) in [7, 11) is 0. The zero-order valence-electron chi connectivity index (χ0n) is 9.34. The molecule has 1 rings (SSSR count). The lowest BCUT2D eigenvalue weighted by molar-refractivity contribution is 0.181. The molecular weight excluding hydrogens is 229 g/mol. The Morgan fingerprint density at radius 2 is 2.19 bits per heavy atom. The van der Waals surface area contributed by atoms with Gasteiger partial charge in [-0.15, -0.1) is 0 Å². The van der Waals surface area contributed by atoms with E-state index in [9.17, 15) is 4.39 Å². The molecule has 2 nitrogen and oxygen atoms in total. The highest BCUT2D eigenvalue weighted by molar-refractivity contribution is 6.30. The van der Waals surface area contributed by atoms with Crippen LogP contribution in [0.3, 0.4) is 0 Å². The third-order valence-corrected chi connectivity index (χ3v) is 2.45. The van der Waals surface area contributed by atoms with Gasteiger partial charge in [0.25, 0.3) is 0 Å². The van der Waals surface area contributed by atoms with Crippen LogP contribution in [-0.4, -0.2) is 17.8 Å². The maximum absolute atomic E-state index is 13.0. The van der Waals surface area contributed by atoms with Gasteiger partial charge in [-0.1, -0.05) is 11.6 Å². The molecule has 0 amide bonds. The fourth-order valence-corrected chi connectivity index (χ4v) is 1.71. The van der Waals surface area contributed by atoms with Crippen molar-refractivity contribution in [1.82, 2.24) is 5.32 Å². The molecule has 1 aromatic carbocycles. The van der Waals surface area contributed by atoms with Crippen LogP contribution in [0.15, 0.2) is 18.2 Å². The highest BCUT2D eigenvalue weighted by atomic mass is 35.5. The van der Waals surface area contributed by atoms with Crippen molar-refractivity contribution >= 4 is 11.6 Å². The zero-order valence-corrected chi connectivity index (χ0v) is 10.1. The van der Waals surface area contributed by atoms with E-state index >= 15 is 0 Å². The van der Waals surface area contributed by atoms with Crippen LogP contribution < -0.4 is 5.32 Å². The second-order valence-corrected chi connectivity index (χ2v) is 4.38. The summed E-state index contributed by atoms with van der Waals surface area (Å²) in [6.07, 6.45) is 1.42. The van der Waals surface area contributed by atoms with Gasteiger partial charge in [-0.25, -0.2) is 4.39 Å². The molecule has 0 bridgehead atoms. The highest BCUT2D eigenvalue weighted by Gasteiger charge is 1.99. The normalized spacial score (nSPS) is 12.8. The Balaban J connectivity index is 2.26. The molecule has 16 heavy (non-hydrogen) atoms. The molecule has 1 unspecified atom stereocenters. The van der Waals surface area contributed by atoms with Gasteiger partial charge >= 0.3 is 0 Å². The van der Waals surface area contributed by atoms with Gasteiger partial charge in [-0.05, 0) is 50.1 Å². The van der Waals surface area contributed by atoms with Crippen molar-refractivity contribution in [3.8, 4) is 0 Å². The Kier molecular flexibility index (Phi) is 5.74. The summed E-state index contributed by atoms with van der Waals surface area (Å²) in [5.41, 5.74) is 0.835. The third kappa shape index (κ3) is 5.45. The Labute approximate surface area is 100 Å². The molecule has 0 saturated carbocycles. The van der Waals surface area contributed by atoms with Crippen molar-refractivity contribution in [2.45, 2.75) is 32.4 Å². The molecule has 0 radical (unpaired) electrons. The van der Waals surface area contributed by atoms with Crippen LogP contribution in [0.5, 0.6) is 0 Å². The monoisotopic (exact) mass is 245 g/mol. The number of hydrogen-bond acceptors (Lipinski definition) is 2. The summed E-state index contributed by atoms with van der Waals surface area (Å²) in [5, 5.41) is 12.6. The second kappa shape index (κ2) is 6.84. The SMILES string of the molecule is CC(O)CCCNCc1cc(F)cc(Cl)c1. The summed E-state index contributed by atoms with van der Waals surface area (Å²) in [4.78, 5) is 0. The summed E-state index contributed by atoms with van der Waals surface area (Å²) < 4.78 is 13.0. The maximum atomic E-state index is 13.0. The maximum Gasteiger partial charge on any atom is 0.125 e. The molecule has 90 valence electrons. The van der Waals surface area contributed by atoms with Crippen molar-refractivity contribution in [2.24, 2.45) is 0 Å². The van der Waals surface area contributed by atoms with Gasteiger partial charge in [0.05, 0.1) is 6.10 Å². The Hall–Kier alpha value is -0.640. The summed E-state index contributed by atoms with van der Waals surface area (Å²) in [6.45, 7) is 3.17. The number of nitrogens with one attached hydrogen (secondary N) is 1. The van der Waals surface area contributed by atoms with Crippen LogP contribution in [-0.2, 0) is 6.54 Å². The number of aliphatic hydroxyl groups excluding tert-OH is 1. The Morgan fingerprint density at radius 1 is 1.44 bits per heavy atom. The largest absolute Gasteiger partial charge is 0.393 e. The van der Waals surface area contributed by atoms with Crippen LogP contribution in [0.2, 0.25) is 5.02 Å². The molecule has 2 N–H and O–H groups in total. The van der Waals surface area contributed by atoms with Crippen LogP contribution >= 0.6 is 11.6 Å². The quantitative estimate of drug-likeness (QED) is 0.756. The van der Waals surface area contributed by atoms with E-state index < -0.39 is 0 Å². The number of rotatable bonds is 6. The molecule has 4 heteroatoms. The Morgan fingerprint density at radius 3 is 2.81 bits per heavy atom. The lowest BCUT2D eigenvalue weighted by atomic mass is 10.2. The van der Waals surface area contributed by atoms with Gasteiger partial charge in [-0.3, -0.25) is 0 Å². The van der Waals surface area contributed by atoms with E-state index in [0.717, 1.165) is 24.9 Å². The van der Waals surface area contributed by atoms with Crippen molar-refractivity contribution < 1.29 is 9.50 Å². The topological polar surface area (TPSA) is 32.3 Å². The molecular formula is C12H17ClFNO. The molecule has 0 aliphatic heterocycles. The molecule has 0 aliphatic rings. The minimum absolute atomic E-state index is 0.259. The molecule has 0 spiro atoms. The number of aliphatic hydroxyl groups is 1. The van der Waals surface area contributed by atoms with Crippen LogP contribution in [0.4, 0.5) is 4.39 Å². The van der Waals surface area contributed by atoms with E-state index in [2.05, 4.69) is 5.32 Å². The van der Waals surface area contributed by atoms with E-state index in [1.54, 1.807) is 13.0 Å². The van der Waals surface area contributed by atoms with Crippen molar-refractivity contribution in [1.29, 1.82) is 0 Å². The predicted molar refractivity (Wildman–Crippen MR) is 64.0 cm³/mol. The van der Waals surface area contributed by atoms with Gasteiger partial charge in [0.1, 0.15) is 5.82 Å². The van der Waals surface area contributed by atoms with Gasteiger partial charge in [0, 0.05) is 11.6 Å². The lowest BCUT2D eigenvalue weighted by Gasteiger charge is -2.06. The van der Waals surface area contributed by atoms with Crippen LogP contribution in [0, 0.1) is 5.82 Å². The first-order chi connectivity index (χ1) is 7.58. The molecule has 0 heterocycles.